The molecular weight excluding hydrogens is 262 g/mol. The van der Waals surface area contributed by atoms with Crippen LogP contribution in [-0.4, -0.2) is 19.9 Å². The van der Waals surface area contributed by atoms with Crippen LogP contribution in [0.2, 0.25) is 5.02 Å². The lowest BCUT2D eigenvalue weighted by Gasteiger charge is -1.92. The van der Waals surface area contributed by atoms with Gasteiger partial charge in [0.1, 0.15) is 12.2 Å². The minimum Gasteiger partial charge on any atom is -0.382 e. The van der Waals surface area contributed by atoms with E-state index in [1.807, 2.05) is 36.4 Å². The Bertz CT molecular complexity index is 745. The van der Waals surface area contributed by atoms with Gasteiger partial charge < -0.3 is 10.7 Å². The van der Waals surface area contributed by atoms with Gasteiger partial charge in [-0.2, -0.15) is 0 Å². The number of rotatable bonds is 2. The molecule has 0 aliphatic carbocycles. The minimum absolute atomic E-state index is 0.368. The molecule has 3 N–H and O–H groups in total. The van der Waals surface area contributed by atoms with Crippen molar-refractivity contribution in [1.82, 2.24) is 19.9 Å². The van der Waals surface area contributed by atoms with Crippen molar-refractivity contribution in [2.24, 2.45) is 0 Å². The number of halogens is 1. The fourth-order valence-corrected chi connectivity index (χ4v) is 1.82. The highest BCUT2D eigenvalue weighted by molar-refractivity contribution is 6.30. The third-order valence-corrected chi connectivity index (χ3v) is 2.88. The second-order valence-corrected chi connectivity index (χ2v) is 4.40. The summed E-state index contributed by atoms with van der Waals surface area (Å²) in [7, 11) is 0. The number of benzene rings is 1. The summed E-state index contributed by atoms with van der Waals surface area (Å²) < 4.78 is 0. The Labute approximate surface area is 114 Å². The Morgan fingerprint density at radius 2 is 1.89 bits per heavy atom. The number of H-pyrrole nitrogens is 1. The summed E-state index contributed by atoms with van der Waals surface area (Å²) in [6.45, 7) is 0. The van der Waals surface area contributed by atoms with E-state index in [1.165, 1.54) is 6.33 Å². The van der Waals surface area contributed by atoms with E-state index in [9.17, 15) is 0 Å². The Hall–Kier alpha value is -2.40. The highest BCUT2D eigenvalue weighted by atomic mass is 35.5. The number of aromatic nitrogens is 4. The SMILES string of the molecule is Nc1ncnc2[nH]c(C=Cc3ccc(Cl)cc3)nc12. The van der Waals surface area contributed by atoms with Crippen molar-refractivity contribution in [3.8, 4) is 0 Å². The van der Waals surface area contributed by atoms with E-state index >= 15 is 0 Å². The number of imidazole rings is 1. The second kappa shape index (κ2) is 4.70. The van der Waals surface area contributed by atoms with Gasteiger partial charge in [-0.25, -0.2) is 15.0 Å². The highest BCUT2D eigenvalue weighted by Gasteiger charge is 2.04. The first kappa shape index (κ1) is 11.7. The highest BCUT2D eigenvalue weighted by Crippen LogP contribution is 2.15. The van der Waals surface area contributed by atoms with Crippen molar-refractivity contribution in [1.29, 1.82) is 0 Å². The normalized spacial score (nSPS) is 11.4. The lowest BCUT2D eigenvalue weighted by Crippen LogP contribution is -1.91. The lowest BCUT2D eigenvalue weighted by atomic mass is 10.2. The predicted molar refractivity (Wildman–Crippen MR) is 76.5 cm³/mol. The first-order valence-electron chi connectivity index (χ1n) is 5.62. The van der Waals surface area contributed by atoms with Gasteiger partial charge in [-0.1, -0.05) is 29.8 Å². The maximum Gasteiger partial charge on any atom is 0.163 e. The molecule has 1 aromatic carbocycles. The molecule has 2 aromatic heterocycles. The number of nitrogens with two attached hydrogens (primary N) is 1. The number of nitrogen functional groups attached to an aromatic ring is 1. The summed E-state index contributed by atoms with van der Waals surface area (Å²) in [6.07, 6.45) is 5.19. The minimum atomic E-state index is 0.368. The summed E-state index contributed by atoms with van der Waals surface area (Å²) in [5.74, 6) is 1.05. The van der Waals surface area contributed by atoms with E-state index in [4.69, 9.17) is 17.3 Å². The molecule has 5 nitrogen and oxygen atoms in total. The number of hydrogen-bond acceptors (Lipinski definition) is 4. The van der Waals surface area contributed by atoms with Gasteiger partial charge in [0.15, 0.2) is 17.0 Å². The van der Waals surface area contributed by atoms with Crippen LogP contribution in [0, 0.1) is 0 Å². The number of nitrogens with zero attached hydrogens (tertiary/aromatic N) is 3. The van der Waals surface area contributed by atoms with Gasteiger partial charge in [0.25, 0.3) is 0 Å². The molecule has 0 unspecified atom stereocenters. The average molecular weight is 272 g/mol. The molecule has 3 aromatic rings. The van der Waals surface area contributed by atoms with Gasteiger partial charge >= 0.3 is 0 Å². The predicted octanol–water partition coefficient (Wildman–Crippen LogP) is 2.76. The molecule has 3 rings (SSSR count). The molecular formula is C13H10ClN5. The molecule has 0 saturated carbocycles. The molecule has 0 atom stereocenters. The quantitative estimate of drug-likeness (QED) is 0.751. The van der Waals surface area contributed by atoms with Crippen LogP contribution in [0.15, 0.2) is 30.6 Å². The van der Waals surface area contributed by atoms with Crippen LogP contribution in [0.3, 0.4) is 0 Å². The zero-order chi connectivity index (χ0) is 13.2. The van der Waals surface area contributed by atoms with Crippen molar-refractivity contribution in [2.45, 2.75) is 0 Å². The van der Waals surface area contributed by atoms with Gasteiger partial charge in [0, 0.05) is 5.02 Å². The molecule has 19 heavy (non-hydrogen) atoms. The Kier molecular flexibility index (Phi) is 2.89. The van der Waals surface area contributed by atoms with Gasteiger partial charge in [0.05, 0.1) is 0 Å². The molecule has 0 bridgehead atoms. The smallest absolute Gasteiger partial charge is 0.163 e. The summed E-state index contributed by atoms with van der Waals surface area (Å²) in [4.78, 5) is 15.4. The van der Waals surface area contributed by atoms with Crippen molar-refractivity contribution in [3.05, 3.63) is 47.0 Å². The largest absolute Gasteiger partial charge is 0.382 e. The zero-order valence-corrected chi connectivity index (χ0v) is 10.6. The Morgan fingerprint density at radius 3 is 2.63 bits per heavy atom. The summed E-state index contributed by atoms with van der Waals surface area (Å²) in [5, 5.41) is 0.712. The van der Waals surface area contributed by atoms with E-state index < -0.39 is 0 Å². The third-order valence-electron chi connectivity index (χ3n) is 2.63. The fraction of sp³-hybridized carbons (Fsp3) is 0. The van der Waals surface area contributed by atoms with E-state index in [-0.39, 0.29) is 0 Å². The fourth-order valence-electron chi connectivity index (χ4n) is 1.69. The maximum atomic E-state index is 5.83. The van der Waals surface area contributed by atoms with E-state index in [1.54, 1.807) is 0 Å². The Morgan fingerprint density at radius 1 is 1.11 bits per heavy atom. The van der Waals surface area contributed by atoms with Crippen LogP contribution in [0.4, 0.5) is 5.82 Å². The molecule has 0 spiro atoms. The molecule has 0 aliphatic rings. The topological polar surface area (TPSA) is 80.5 Å². The molecule has 0 saturated heterocycles. The lowest BCUT2D eigenvalue weighted by molar-refractivity contribution is 1.20. The number of nitrogens with one attached hydrogen (secondary N) is 1. The molecule has 0 radical (unpaired) electrons. The van der Waals surface area contributed by atoms with Crippen LogP contribution in [-0.2, 0) is 0 Å². The summed E-state index contributed by atoms with van der Waals surface area (Å²) >= 11 is 5.83. The molecule has 0 aliphatic heterocycles. The molecule has 2 heterocycles. The zero-order valence-electron chi connectivity index (χ0n) is 9.84. The van der Waals surface area contributed by atoms with Gasteiger partial charge in [-0.05, 0) is 23.8 Å². The summed E-state index contributed by atoms with van der Waals surface area (Å²) in [5.41, 5.74) is 7.96. The standard InChI is InChI=1S/C13H10ClN5/c14-9-4-1-8(2-5-9)3-6-10-18-11-12(15)16-7-17-13(11)19-10/h1-7H,(H3,15,16,17,18,19). The van der Waals surface area contributed by atoms with Crippen LogP contribution in [0.5, 0.6) is 0 Å². The summed E-state index contributed by atoms with van der Waals surface area (Å²) in [6, 6.07) is 7.53. The molecule has 6 heteroatoms. The van der Waals surface area contributed by atoms with Gasteiger partial charge in [-0.3, -0.25) is 0 Å². The average Bonchev–Trinajstić information content (AvgIpc) is 2.83. The number of anilines is 1. The van der Waals surface area contributed by atoms with E-state index in [0.717, 1.165) is 5.56 Å². The second-order valence-electron chi connectivity index (χ2n) is 3.96. The van der Waals surface area contributed by atoms with Crippen molar-refractivity contribution < 1.29 is 0 Å². The van der Waals surface area contributed by atoms with Crippen molar-refractivity contribution in [3.63, 3.8) is 0 Å². The molecule has 0 fully saturated rings. The van der Waals surface area contributed by atoms with E-state index in [0.29, 0.717) is 27.8 Å². The first-order valence-corrected chi connectivity index (χ1v) is 6.00. The monoisotopic (exact) mass is 271 g/mol. The van der Waals surface area contributed by atoms with Crippen LogP contribution < -0.4 is 5.73 Å². The van der Waals surface area contributed by atoms with Gasteiger partial charge in [-0.15, -0.1) is 0 Å². The number of hydrogen-bond donors (Lipinski definition) is 2. The van der Waals surface area contributed by atoms with Crippen LogP contribution in [0.1, 0.15) is 11.4 Å². The number of aromatic amines is 1. The maximum absolute atomic E-state index is 5.83. The van der Waals surface area contributed by atoms with Crippen LogP contribution >= 0.6 is 11.6 Å². The third kappa shape index (κ3) is 2.41. The first-order chi connectivity index (χ1) is 9.22. The number of fused-ring (bicyclic) bond motifs is 1. The molecule has 0 amide bonds. The van der Waals surface area contributed by atoms with Crippen molar-refractivity contribution >= 4 is 40.7 Å². The van der Waals surface area contributed by atoms with Gasteiger partial charge in [0.2, 0.25) is 0 Å². The Balaban J connectivity index is 1.93. The van der Waals surface area contributed by atoms with E-state index in [2.05, 4.69) is 19.9 Å². The van der Waals surface area contributed by atoms with Crippen molar-refractivity contribution in [2.75, 3.05) is 5.73 Å². The molecule has 94 valence electrons. The van der Waals surface area contributed by atoms with Crippen LogP contribution in [0.25, 0.3) is 23.3 Å².